The quantitative estimate of drug-likeness (QED) is 0.764. The van der Waals surface area contributed by atoms with E-state index in [0.717, 1.165) is 0 Å². The lowest BCUT2D eigenvalue weighted by atomic mass is 10.3. The third kappa shape index (κ3) is 1.43. The zero-order valence-electron chi connectivity index (χ0n) is 6.61. The van der Waals surface area contributed by atoms with Crippen LogP contribution in [0.2, 0.25) is 0 Å². The lowest BCUT2D eigenvalue weighted by molar-refractivity contribution is 0.384. The first-order valence-electron chi connectivity index (χ1n) is 3.43. The molecule has 2 rings (SSSR count). The van der Waals surface area contributed by atoms with Gasteiger partial charge in [0.2, 0.25) is 5.82 Å². The molecule has 0 bridgehead atoms. The average molecular weight is 232 g/mol. The van der Waals surface area contributed by atoms with Crippen molar-refractivity contribution in [1.82, 2.24) is 9.13 Å². The van der Waals surface area contributed by atoms with Gasteiger partial charge in [-0.05, 0) is 11.4 Å². The number of hydrogen-bond acceptors (Lipinski definition) is 5. The second-order valence-electron chi connectivity index (χ2n) is 2.31. The number of hydrogen-bond donors (Lipinski definition) is 1. The van der Waals surface area contributed by atoms with Crippen molar-refractivity contribution in [2.75, 3.05) is 0 Å². The standard InChI is InChI=1S/C6H4N2O4S2/c9-6-8(14(10)11)5(7-12-6)4-1-2-13-3-4/h1-3H,(H,10,11). The monoisotopic (exact) mass is 232 g/mol. The highest BCUT2D eigenvalue weighted by molar-refractivity contribution is 7.77. The predicted octanol–water partition coefficient (Wildman–Crippen LogP) is 0.550. The molecule has 0 spiro atoms. The molecular weight excluding hydrogens is 228 g/mol. The molecule has 1 N–H and O–H groups in total. The maximum Gasteiger partial charge on any atom is 0.456 e. The van der Waals surface area contributed by atoms with E-state index < -0.39 is 17.0 Å². The number of aromatic nitrogens is 2. The van der Waals surface area contributed by atoms with E-state index in [1.54, 1.807) is 16.8 Å². The van der Waals surface area contributed by atoms with Gasteiger partial charge < -0.3 is 0 Å². The summed E-state index contributed by atoms with van der Waals surface area (Å²) in [5.74, 6) is -0.899. The van der Waals surface area contributed by atoms with E-state index in [9.17, 15) is 9.00 Å². The maximum absolute atomic E-state index is 11.0. The Balaban J connectivity index is 2.66. The Labute approximate surface area is 84.2 Å². The van der Waals surface area contributed by atoms with Crippen molar-refractivity contribution >= 4 is 22.6 Å². The Bertz CT molecular complexity index is 512. The Morgan fingerprint density at radius 3 is 3.00 bits per heavy atom. The van der Waals surface area contributed by atoms with Crippen LogP contribution in [0.5, 0.6) is 0 Å². The van der Waals surface area contributed by atoms with E-state index in [1.807, 2.05) is 0 Å². The molecule has 0 aliphatic carbocycles. The Morgan fingerprint density at radius 2 is 2.43 bits per heavy atom. The second-order valence-corrected chi connectivity index (χ2v) is 3.92. The fourth-order valence-electron chi connectivity index (χ4n) is 0.942. The molecule has 6 nitrogen and oxygen atoms in total. The van der Waals surface area contributed by atoms with Crippen LogP contribution in [0.1, 0.15) is 0 Å². The number of thiophene rings is 1. The van der Waals surface area contributed by atoms with Crippen molar-refractivity contribution < 1.29 is 13.3 Å². The molecule has 2 aromatic rings. The zero-order chi connectivity index (χ0) is 10.1. The highest BCUT2D eigenvalue weighted by atomic mass is 32.2. The minimum absolute atomic E-state index is 0.0529. The van der Waals surface area contributed by atoms with Gasteiger partial charge in [0.05, 0.1) is 0 Å². The fraction of sp³-hybridized carbons (Fsp3) is 0. The number of nitrogens with zero attached hydrogens (tertiary/aromatic N) is 2. The van der Waals surface area contributed by atoms with Gasteiger partial charge in [0, 0.05) is 10.9 Å². The first-order valence-corrected chi connectivity index (χ1v) is 5.43. The summed E-state index contributed by atoms with van der Waals surface area (Å²) in [6.07, 6.45) is 0. The molecule has 0 saturated carbocycles. The van der Waals surface area contributed by atoms with Crippen LogP contribution in [0.3, 0.4) is 0 Å². The second kappa shape index (κ2) is 3.48. The first kappa shape index (κ1) is 9.31. The van der Waals surface area contributed by atoms with Crippen LogP contribution in [0.25, 0.3) is 11.4 Å². The van der Waals surface area contributed by atoms with Crippen molar-refractivity contribution in [3.05, 3.63) is 27.4 Å². The molecule has 0 amide bonds. The third-order valence-corrected chi connectivity index (χ3v) is 2.82. The first-order chi connectivity index (χ1) is 6.70. The minimum Gasteiger partial charge on any atom is -0.295 e. The van der Waals surface area contributed by atoms with Crippen LogP contribution in [-0.4, -0.2) is 17.9 Å². The van der Waals surface area contributed by atoms with Crippen LogP contribution in [0.15, 0.2) is 26.1 Å². The summed E-state index contributed by atoms with van der Waals surface area (Å²) in [7, 11) is 0. The van der Waals surface area contributed by atoms with E-state index in [4.69, 9.17) is 4.55 Å². The van der Waals surface area contributed by atoms with Crippen LogP contribution in [-0.2, 0) is 11.3 Å². The predicted molar refractivity (Wildman–Crippen MR) is 50.2 cm³/mol. The van der Waals surface area contributed by atoms with E-state index >= 15 is 0 Å². The molecule has 14 heavy (non-hydrogen) atoms. The van der Waals surface area contributed by atoms with E-state index in [1.165, 1.54) is 11.3 Å². The van der Waals surface area contributed by atoms with Gasteiger partial charge in [0.1, 0.15) is 0 Å². The third-order valence-electron chi connectivity index (χ3n) is 1.50. The van der Waals surface area contributed by atoms with Gasteiger partial charge in [-0.15, -0.1) is 3.97 Å². The molecule has 1 unspecified atom stereocenters. The zero-order valence-corrected chi connectivity index (χ0v) is 8.25. The van der Waals surface area contributed by atoms with Gasteiger partial charge in [-0.3, -0.25) is 9.08 Å². The average Bonchev–Trinajstić information content (AvgIpc) is 2.70. The van der Waals surface area contributed by atoms with Gasteiger partial charge in [0.25, 0.3) is 11.3 Å². The Hall–Kier alpha value is -1.25. The van der Waals surface area contributed by atoms with Gasteiger partial charge in [-0.1, -0.05) is 5.16 Å². The van der Waals surface area contributed by atoms with Crippen LogP contribution < -0.4 is 5.76 Å². The van der Waals surface area contributed by atoms with Gasteiger partial charge in [-0.2, -0.15) is 11.3 Å². The molecule has 0 aliphatic rings. The van der Waals surface area contributed by atoms with E-state index in [0.29, 0.717) is 9.54 Å². The molecule has 0 aliphatic heterocycles. The molecule has 0 fully saturated rings. The van der Waals surface area contributed by atoms with Gasteiger partial charge in [0.15, 0.2) is 0 Å². The van der Waals surface area contributed by atoms with Crippen LogP contribution in [0.4, 0.5) is 0 Å². The molecule has 0 radical (unpaired) electrons. The molecule has 74 valence electrons. The van der Waals surface area contributed by atoms with Crippen LogP contribution >= 0.6 is 11.3 Å². The largest absolute Gasteiger partial charge is 0.456 e. The van der Waals surface area contributed by atoms with Crippen LogP contribution in [0, 0.1) is 0 Å². The fourth-order valence-corrected chi connectivity index (χ4v) is 2.02. The van der Waals surface area contributed by atoms with Gasteiger partial charge in [-0.25, -0.2) is 9.00 Å². The topological polar surface area (TPSA) is 85.3 Å². The van der Waals surface area contributed by atoms with Crippen molar-refractivity contribution in [3.63, 3.8) is 0 Å². The summed E-state index contributed by atoms with van der Waals surface area (Å²) in [4.78, 5) is 11.0. The Morgan fingerprint density at radius 1 is 1.64 bits per heavy atom. The molecular formula is C6H4N2O4S2. The molecule has 0 aromatic carbocycles. The van der Waals surface area contributed by atoms with E-state index in [2.05, 4.69) is 9.68 Å². The number of rotatable bonds is 2. The lowest BCUT2D eigenvalue weighted by Crippen LogP contribution is -2.18. The summed E-state index contributed by atoms with van der Waals surface area (Å²) in [6.45, 7) is 0. The SMILES string of the molecule is O=c1onc(-c2ccsc2)n1S(=O)O. The molecule has 2 aromatic heterocycles. The maximum atomic E-state index is 11.0. The summed E-state index contributed by atoms with van der Waals surface area (Å²) in [6, 6.07) is 1.67. The summed E-state index contributed by atoms with van der Waals surface area (Å²) >= 11 is -1.07. The summed E-state index contributed by atoms with van der Waals surface area (Å²) in [5, 5.41) is 6.87. The van der Waals surface area contributed by atoms with E-state index in [-0.39, 0.29) is 5.82 Å². The highest BCUT2D eigenvalue weighted by Gasteiger charge is 2.16. The summed E-state index contributed by atoms with van der Waals surface area (Å²) in [5.41, 5.74) is 0.572. The normalized spacial score (nSPS) is 12.9. The lowest BCUT2D eigenvalue weighted by Gasteiger charge is -1.94. The highest BCUT2D eigenvalue weighted by Crippen LogP contribution is 2.18. The van der Waals surface area contributed by atoms with Crippen molar-refractivity contribution in [2.24, 2.45) is 0 Å². The Kier molecular flexibility index (Phi) is 2.32. The minimum atomic E-state index is -2.45. The van der Waals surface area contributed by atoms with Crippen molar-refractivity contribution in [1.29, 1.82) is 0 Å². The van der Waals surface area contributed by atoms with Gasteiger partial charge >= 0.3 is 5.76 Å². The molecule has 8 heteroatoms. The summed E-state index contributed by atoms with van der Waals surface area (Å²) < 4.78 is 24.4. The van der Waals surface area contributed by atoms with Crippen molar-refractivity contribution in [3.8, 4) is 11.4 Å². The van der Waals surface area contributed by atoms with Crippen molar-refractivity contribution in [2.45, 2.75) is 0 Å². The molecule has 0 saturated heterocycles. The molecule has 2 heterocycles. The molecule has 1 atom stereocenters. The smallest absolute Gasteiger partial charge is 0.295 e.